The highest BCUT2D eigenvalue weighted by Gasteiger charge is 2.35. The molecule has 0 atom stereocenters. The Morgan fingerprint density at radius 1 is 0.736 bits per heavy atom. The number of carbonyl (C=O) groups excluding carboxylic acids is 1. The van der Waals surface area contributed by atoms with Crippen molar-refractivity contribution in [2.24, 2.45) is 5.10 Å². The molecular weight excluding hydrogens is 702 g/mol. The molecule has 2 aliphatic heterocycles. The van der Waals surface area contributed by atoms with Crippen LogP contribution in [0.4, 0.5) is 32.0 Å². The van der Waals surface area contributed by atoms with E-state index in [9.17, 15) is 31.1 Å². The number of amides is 1. The molecule has 268 valence electrons. The predicted octanol–water partition coefficient (Wildman–Crippen LogP) is 9.67. The van der Waals surface area contributed by atoms with Crippen molar-refractivity contribution in [1.29, 1.82) is 0 Å². The van der Waals surface area contributed by atoms with E-state index in [0.717, 1.165) is 22.7 Å². The number of carbonyl (C=O) groups is 1. The summed E-state index contributed by atoms with van der Waals surface area (Å²) in [7, 11) is 0. The summed E-state index contributed by atoms with van der Waals surface area (Å²) >= 11 is 0. The van der Waals surface area contributed by atoms with Crippen LogP contribution in [0, 0.1) is 6.92 Å². The van der Waals surface area contributed by atoms with E-state index >= 15 is 0 Å². The van der Waals surface area contributed by atoms with Crippen LogP contribution in [-0.4, -0.2) is 34.1 Å². The molecule has 1 amide bonds. The molecule has 4 aromatic carbocycles. The van der Waals surface area contributed by atoms with Gasteiger partial charge in [-0.25, -0.2) is 0 Å². The van der Waals surface area contributed by atoms with Crippen LogP contribution in [0.1, 0.15) is 29.3 Å². The second kappa shape index (κ2) is 13.5. The van der Waals surface area contributed by atoms with Crippen molar-refractivity contribution in [3.05, 3.63) is 149 Å². The number of hydrogen-bond acceptors (Lipinski definition) is 6. The molecule has 0 aliphatic carbocycles. The lowest BCUT2D eigenvalue weighted by Gasteiger charge is -2.20. The van der Waals surface area contributed by atoms with Crippen LogP contribution in [0.25, 0.3) is 22.6 Å². The summed E-state index contributed by atoms with van der Waals surface area (Å²) in [6, 6.07) is 28.3. The van der Waals surface area contributed by atoms with E-state index < -0.39 is 30.1 Å². The molecule has 2 aliphatic rings. The Bertz CT molecular complexity index is 2310. The molecule has 0 saturated carbocycles. The van der Waals surface area contributed by atoms with Crippen molar-refractivity contribution >= 4 is 34.2 Å². The number of aryl methyl sites for hydroxylation is 1. The van der Waals surface area contributed by atoms with E-state index in [4.69, 9.17) is 9.84 Å². The molecular formula is C39H26F6N4O4. The van der Waals surface area contributed by atoms with Gasteiger partial charge in [-0.2, -0.15) is 19.9 Å². The van der Waals surface area contributed by atoms with Crippen LogP contribution in [0.3, 0.4) is 0 Å². The summed E-state index contributed by atoms with van der Waals surface area (Å²) in [5, 5.41) is 10.3. The first-order chi connectivity index (χ1) is 25.2. The molecule has 0 N–H and O–H groups in total. The summed E-state index contributed by atoms with van der Waals surface area (Å²) in [4.78, 5) is 14.2. The van der Waals surface area contributed by atoms with Gasteiger partial charge >= 0.3 is 12.7 Å². The fourth-order valence-corrected chi connectivity index (χ4v) is 5.96. The quantitative estimate of drug-likeness (QED) is 0.123. The SMILES string of the molecule is CC1=NN(c2ccc(OC(F)(F)F)cc2)C(=O)/C1=C(\C=C1/C=C(c2ccccc2)Oc2c1c(C)nn2-c1ccc(OC(F)(F)F)cc1)c1ccccc1. The number of aromatic nitrogens is 2. The van der Waals surface area contributed by atoms with E-state index in [2.05, 4.69) is 14.6 Å². The number of ether oxygens (including phenoxy) is 3. The van der Waals surface area contributed by atoms with Gasteiger partial charge in [-0.15, -0.1) is 26.3 Å². The lowest BCUT2D eigenvalue weighted by Crippen LogP contribution is -2.22. The van der Waals surface area contributed by atoms with Crippen molar-refractivity contribution in [1.82, 2.24) is 9.78 Å². The van der Waals surface area contributed by atoms with Crippen LogP contribution >= 0.6 is 0 Å². The average Bonchev–Trinajstić information content (AvgIpc) is 3.61. The van der Waals surface area contributed by atoms with E-state index in [1.807, 2.05) is 72.8 Å². The Balaban J connectivity index is 1.36. The van der Waals surface area contributed by atoms with Gasteiger partial charge in [0.15, 0.2) is 0 Å². The van der Waals surface area contributed by atoms with Gasteiger partial charge < -0.3 is 14.2 Å². The van der Waals surface area contributed by atoms with E-state index in [0.29, 0.717) is 45.1 Å². The normalized spacial score (nSPS) is 16.2. The largest absolute Gasteiger partial charge is 0.573 e. The zero-order valence-electron chi connectivity index (χ0n) is 27.7. The fourth-order valence-electron chi connectivity index (χ4n) is 5.96. The lowest BCUT2D eigenvalue weighted by molar-refractivity contribution is -0.275. The number of halogens is 6. The highest BCUT2D eigenvalue weighted by Crippen LogP contribution is 2.43. The van der Waals surface area contributed by atoms with E-state index in [1.54, 1.807) is 13.8 Å². The average molecular weight is 729 g/mol. The van der Waals surface area contributed by atoms with Gasteiger partial charge in [0.1, 0.15) is 17.3 Å². The molecule has 14 heteroatoms. The maximum absolute atomic E-state index is 14.2. The molecule has 0 unspecified atom stereocenters. The molecule has 0 fully saturated rings. The number of anilines is 1. The van der Waals surface area contributed by atoms with E-state index in [1.165, 1.54) is 41.1 Å². The molecule has 8 nitrogen and oxygen atoms in total. The maximum Gasteiger partial charge on any atom is 0.573 e. The summed E-state index contributed by atoms with van der Waals surface area (Å²) in [6.07, 6.45) is -6.11. The number of benzene rings is 4. The molecule has 0 saturated heterocycles. The number of alkyl halides is 6. The van der Waals surface area contributed by atoms with Crippen LogP contribution in [0.5, 0.6) is 17.4 Å². The summed E-state index contributed by atoms with van der Waals surface area (Å²) in [6.45, 7) is 3.41. The van der Waals surface area contributed by atoms with Gasteiger partial charge in [0, 0.05) is 5.56 Å². The molecule has 0 spiro atoms. The van der Waals surface area contributed by atoms with Crippen molar-refractivity contribution in [3.63, 3.8) is 0 Å². The lowest BCUT2D eigenvalue weighted by atomic mass is 9.92. The van der Waals surface area contributed by atoms with Gasteiger partial charge in [-0.05, 0) is 91.2 Å². The third kappa shape index (κ3) is 7.42. The zero-order valence-corrected chi connectivity index (χ0v) is 27.7. The Morgan fingerprint density at radius 3 is 1.85 bits per heavy atom. The van der Waals surface area contributed by atoms with Crippen molar-refractivity contribution in [2.75, 3.05) is 5.01 Å². The summed E-state index contributed by atoms with van der Waals surface area (Å²) in [5.41, 5.74) is 4.78. The Morgan fingerprint density at radius 2 is 1.28 bits per heavy atom. The third-order valence-corrected chi connectivity index (χ3v) is 8.16. The van der Waals surface area contributed by atoms with Gasteiger partial charge in [-0.1, -0.05) is 60.7 Å². The minimum Gasteiger partial charge on any atom is -0.438 e. The fraction of sp³-hybridized carbons (Fsp3) is 0.103. The highest BCUT2D eigenvalue weighted by molar-refractivity contribution is 6.34. The van der Waals surface area contributed by atoms with Crippen molar-refractivity contribution < 1.29 is 45.3 Å². The van der Waals surface area contributed by atoms with Crippen LogP contribution in [-0.2, 0) is 4.79 Å². The van der Waals surface area contributed by atoms with Crippen LogP contribution in [0.15, 0.2) is 132 Å². The van der Waals surface area contributed by atoms with Crippen LogP contribution < -0.4 is 19.2 Å². The maximum atomic E-state index is 14.2. The standard InChI is InChI=1S/C39H26F6N4O4/c1-23-34-27(22-33(26-11-7-4-8-12-26)51-37(34)49(47-23)29-15-19-31(20-16-29)53-39(43,44)45)21-32(25-9-5-3-6-10-25)35-24(2)46-48(36(35)50)28-13-17-30(18-14-28)52-38(40,41)42/h3-22H,1-2H3/b27-21+,35-32+. The predicted molar refractivity (Wildman–Crippen MR) is 185 cm³/mol. The van der Waals surface area contributed by atoms with Crippen molar-refractivity contribution in [3.8, 4) is 23.1 Å². The number of hydrazone groups is 1. The molecule has 3 heterocycles. The molecule has 53 heavy (non-hydrogen) atoms. The summed E-state index contributed by atoms with van der Waals surface area (Å²) in [5.74, 6) is -0.649. The van der Waals surface area contributed by atoms with Gasteiger partial charge in [0.25, 0.3) is 5.91 Å². The number of hydrogen-bond donors (Lipinski definition) is 0. The number of rotatable bonds is 7. The first-order valence-electron chi connectivity index (χ1n) is 15.9. The minimum absolute atomic E-state index is 0.224. The Kier molecular flexibility index (Phi) is 8.90. The summed E-state index contributed by atoms with van der Waals surface area (Å²) < 4.78 is 92.8. The van der Waals surface area contributed by atoms with Crippen molar-refractivity contribution in [2.45, 2.75) is 26.6 Å². The van der Waals surface area contributed by atoms with E-state index in [-0.39, 0.29) is 17.1 Å². The molecule has 7 rings (SSSR count). The first-order valence-corrected chi connectivity index (χ1v) is 15.9. The molecule has 1 aromatic heterocycles. The Labute approximate surface area is 298 Å². The van der Waals surface area contributed by atoms with Gasteiger partial charge in [-0.3, -0.25) is 4.79 Å². The Hall–Kier alpha value is -6.57. The third-order valence-electron chi connectivity index (χ3n) is 8.16. The highest BCUT2D eigenvalue weighted by atomic mass is 19.4. The van der Waals surface area contributed by atoms with Gasteiger partial charge in [0.2, 0.25) is 5.88 Å². The molecule has 5 aromatic rings. The zero-order chi connectivity index (χ0) is 37.5. The molecule has 0 bridgehead atoms. The number of nitrogens with zero attached hydrogens (tertiary/aromatic N) is 4. The second-order valence-electron chi connectivity index (χ2n) is 11.8. The molecule has 0 radical (unpaired) electrons. The number of allylic oxidation sites excluding steroid dienone is 4. The van der Waals surface area contributed by atoms with Crippen LogP contribution in [0.2, 0.25) is 0 Å². The minimum atomic E-state index is -4.88. The monoisotopic (exact) mass is 728 g/mol. The second-order valence-corrected chi connectivity index (χ2v) is 11.8. The number of fused-ring (bicyclic) bond motifs is 1. The smallest absolute Gasteiger partial charge is 0.438 e. The topological polar surface area (TPSA) is 78.2 Å². The first kappa shape index (κ1) is 34.9. The van der Waals surface area contributed by atoms with Gasteiger partial charge in [0.05, 0.1) is 33.9 Å².